The first-order valence-corrected chi connectivity index (χ1v) is 9.23. The second-order valence-corrected chi connectivity index (χ2v) is 6.73. The fourth-order valence-corrected chi connectivity index (χ4v) is 2.87. The minimum atomic E-state index is -0.964. The third-order valence-electron chi connectivity index (χ3n) is 4.67. The Morgan fingerprint density at radius 3 is 2.68 bits per heavy atom. The molecule has 0 unspecified atom stereocenters. The van der Waals surface area contributed by atoms with Gasteiger partial charge in [0, 0.05) is 5.92 Å². The monoisotopic (exact) mass is 384 g/mol. The van der Waals surface area contributed by atoms with Crippen molar-refractivity contribution in [1.82, 2.24) is 5.16 Å². The molecule has 7 nitrogen and oxygen atoms in total. The van der Waals surface area contributed by atoms with E-state index in [1.807, 2.05) is 32.0 Å². The van der Waals surface area contributed by atoms with Crippen molar-refractivity contribution in [2.75, 3.05) is 0 Å². The second kappa shape index (κ2) is 8.73. The maximum Gasteiger partial charge on any atom is 0.335 e. The maximum absolute atomic E-state index is 11.5. The van der Waals surface area contributed by atoms with Gasteiger partial charge in [0.05, 0.1) is 16.8 Å². The number of ether oxygens (including phenoxy) is 1. The van der Waals surface area contributed by atoms with Gasteiger partial charge in [-0.25, -0.2) is 4.79 Å². The lowest BCUT2D eigenvalue weighted by Gasteiger charge is -2.12. The highest BCUT2D eigenvalue weighted by Gasteiger charge is 2.30. The summed E-state index contributed by atoms with van der Waals surface area (Å²) >= 11 is 0. The molecule has 1 aromatic heterocycles. The number of aryl methyl sites for hydroxylation is 2. The van der Waals surface area contributed by atoms with Gasteiger partial charge in [0.15, 0.2) is 0 Å². The van der Waals surface area contributed by atoms with Gasteiger partial charge in [0.1, 0.15) is 19.0 Å². The molecular formula is C21H24N2O5. The van der Waals surface area contributed by atoms with Crippen LogP contribution in [-0.4, -0.2) is 22.1 Å². The van der Waals surface area contributed by atoms with Gasteiger partial charge in [0.25, 0.3) is 0 Å². The summed E-state index contributed by atoms with van der Waals surface area (Å²) in [5, 5.41) is 17.5. The summed E-state index contributed by atoms with van der Waals surface area (Å²) in [4.78, 5) is 17.0. The first kappa shape index (κ1) is 19.7. The van der Waals surface area contributed by atoms with Crippen molar-refractivity contribution < 1.29 is 24.0 Å². The standard InChI is InChI=1S/C21H24N2O5/c1-4-17(21(24)25)18-8-6-5-7-16(18)11-26-20(15-9-10-15)23-27-12-19-13(2)22-28-14(19)3/h4-8,15H,9-12H2,1-3H3,(H,24,25)/b17-4+,23-20+. The van der Waals surface area contributed by atoms with Crippen LogP contribution in [-0.2, 0) is 27.6 Å². The van der Waals surface area contributed by atoms with E-state index >= 15 is 0 Å². The summed E-state index contributed by atoms with van der Waals surface area (Å²) in [6.07, 6.45) is 3.60. The van der Waals surface area contributed by atoms with Crippen LogP contribution in [0, 0.1) is 19.8 Å². The molecule has 2 aromatic rings. The van der Waals surface area contributed by atoms with Crippen LogP contribution < -0.4 is 0 Å². The molecule has 1 aromatic carbocycles. The highest BCUT2D eigenvalue weighted by atomic mass is 16.6. The molecule has 1 saturated carbocycles. The molecule has 0 aliphatic heterocycles. The Morgan fingerprint density at radius 1 is 1.32 bits per heavy atom. The van der Waals surface area contributed by atoms with E-state index in [1.54, 1.807) is 19.1 Å². The maximum atomic E-state index is 11.5. The SMILES string of the molecule is C/C=C(/C(=O)O)c1ccccc1CO/C(=N/OCc1c(C)noc1C)C1CC1. The first-order chi connectivity index (χ1) is 13.5. The van der Waals surface area contributed by atoms with Crippen molar-refractivity contribution in [3.63, 3.8) is 0 Å². The predicted octanol–water partition coefficient (Wildman–Crippen LogP) is 4.24. The molecule has 28 heavy (non-hydrogen) atoms. The zero-order valence-electron chi connectivity index (χ0n) is 16.3. The van der Waals surface area contributed by atoms with Crippen molar-refractivity contribution in [1.29, 1.82) is 0 Å². The fourth-order valence-electron chi connectivity index (χ4n) is 2.87. The molecule has 0 radical (unpaired) electrons. The average molecular weight is 384 g/mol. The summed E-state index contributed by atoms with van der Waals surface area (Å²) in [5.74, 6) is 0.535. The number of carboxylic acids is 1. The van der Waals surface area contributed by atoms with E-state index in [-0.39, 0.29) is 24.7 Å². The molecule has 1 fully saturated rings. The summed E-state index contributed by atoms with van der Waals surface area (Å²) in [5.41, 5.74) is 3.34. The third kappa shape index (κ3) is 4.60. The quantitative estimate of drug-likeness (QED) is 0.317. The number of oxime groups is 1. The van der Waals surface area contributed by atoms with Gasteiger partial charge in [-0.15, -0.1) is 0 Å². The Labute approximate surface area is 163 Å². The lowest BCUT2D eigenvalue weighted by atomic mass is 10.00. The Balaban J connectivity index is 1.69. The van der Waals surface area contributed by atoms with E-state index in [0.717, 1.165) is 29.7 Å². The molecule has 1 N–H and O–H groups in total. The summed E-state index contributed by atoms with van der Waals surface area (Å²) in [6, 6.07) is 7.31. The number of hydrogen-bond acceptors (Lipinski definition) is 6. The predicted molar refractivity (Wildman–Crippen MR) is 103 cm³/mol. The molecule has 1 heterocycles. The smallest absolute Gasteiger partial charge is 0.335 e. The van der Waals surface area contributed by atoms with Crippen molar-refractivity contribution in [2.24, 2.45) is 11.1 Å². The number of aliphatic carboxylic acids is 1. The molecule has 0 spiro atoms. The van der Waals surface area contributed by atoms with Crippen LogP contribution in [0.5, 0.6) is 0 Å². The molecular weight excluding hydrogens is 360 g/mol. The number of hydrogen-bond donors (Lipinski definition) is 1. The molecule has 1 aliphatic rings. The van der Waals surface area contributed by atoms with Crippen LogP contribution in [0.3, 0.4) is 0 Å². The van der Waals surface area contributed by atoms with Crippen LogP contribution in [0.2, 0.25) is 0 Å². The van der Waals surface area contributed by atoms with Crippen LogP contribution >= 0.6 is 0 Å². The topological polar surface area (TPSA) is 94.2 Å². The van der Waals surface area contributed by atoms with Crippen LogP contribution in [0.15, 0.2) is 40.0 Å². The fraction of sp³-hybridized carbons (Fsp3) is 0.381. The van der Waals surface area contributed by atoms with Gasteiger partial charge in [-0.05, 0) is 44.7 Å². The summed E-state index contributed by atoms with van der Waals surface area (Å²) < 4.78 is 11.0. The molecule has 3 rings (SSSR count). The molecule has 0 atom stereocenters. The average Bonchev–Trinajstić information content (AvgIpc) is 3.47. The van der Waals surface area contributed by atoms with E-state index in [1.165, 1.54) is 0 Å². The van der Waals surface area contributed by atoms with E-state index in [9.17, 15) is 9.90 Å². The van der Waals surface area contributed by atoms with Gasteiger partial charge in [-0.2, -0.15) is 0 Å². The van der Waals surface area contributed by atoms with Crippen molar-refractivity contribution in [3.8, 4) is 0 Å². The van der Waals surface area contributed by atoms with Gasteiger partial charge in [-0.3, -0.25) is 0 Å². The van der Waals surface area contributed by atoms with E-state index in [4.69, 9.17) is 14.1 Å². The molecule has 0 amide bonds. The number of carboxylic acid groups (broad SMARTS) is 1. The number of carbonyl (C=O) groups is 1. The van der Waals surface area contributed by atoms with Gasteiger partial charge >= 0.3 is 5.97 Å². The molecule has 0 bridgehead atoms. The minimum absolute atomic E-state index is 0.227. The highest BCUT2D eigenvalue weighted by molar-refractivity contribution is 6.15. The van der Waals surface area contributed by atoms with E-state index in [2.05, 4.69) is 10.3 Å². The van der Waals surface area contributed by atoms with Crippen LogP contribution in [0.4, 0.5) is 0 Å². The lowest BCUT2D eigenvalue weighted by molar-refractivity contribution is -0.130. The third-order valence-corrected chi connectivity index (χ3v) is 4.67. The molecule has 7 heteroatoms. The van der Waals surface area contributed by atoms with Crippen molar-refractivity contribution in [3.05, 3.63) is 58.5 Å². The van der Waals surface area contributed by atoms with E-state index < -0.39 is 5.97 Å². The largest absolute Gasteiger partial charge is 0.478 e. The number of allylic oxidation sites excluding steroid dienone is 1. The lowest BCUT2D eigenvalue weighted by Crippen LogP contribution is -2.10. The number of benzene rings is 1. The zero-order chi connectivity index (χ0) is 20.1. The van der Waals surface area contributed by atoms with Crippen LogP contribution in [0.25, 0.3) is 5.57 Å². The van der Waals surface area contributed by atoms with E-state index in [0.29, 0.717) is 17.2 Å². The Bertz CT molecular complexity index is 890. The van der Waals surface area contributed by atoms with Gasteiger partial charge < -0.3 is 19.2 Å². The van der Waals surface area contributed by atoms with Crippen LogP contribution in [0.1, 0.15) is 47.9 Å². The number of nitrogens with zero attached hydrogens (tertiary/aromatic N) is 2. The second-order valence-electron chi connectivity index (χ2n) is 6.73. The molecule has 1 aliphatic carbocycles. The highest BCUT2D eigenvalue weighted by Crippen LogP contribution is 2.32. The Morgan fingerprint density at radius 2 is 2.07 bits per heavy atom. The van der Waals surface area contributed by atoms with Crippen molar-refractivity contribution in [2.45, 2.75) is 46.8 Å². The first-order valence-electron chi connectivity index (χ1n) is 9.23. The van der Waals surface area contributed by atoms with Gasteiger partial charge in [0.2, 0.25) is 5.90 Å². The molecule has 0 saturated heterocycles. The Hall–Kier alpha value is -3.09. The number of aromatic nitrogens is 1. The number of rotatable bonds is 8. The van der Waals surface area contributed by atoms with Crippen molar-refractivity contribution >= 4 is 17.4 Å². The Kier molecular flexibility index (Phi) is 6.13. The minimum Gasteiger partial charge on any atom is -0.478 e. The van der Waals surface area contributed by atoms with Gasteiger partial charge in [-0.1, -0.05) is 40.7 Å². The summed E-state index contributed by atoms with van der Waals surface area (Å²) in [7, 11) is 0. The molecule has 148 valence electrons. The zero-order valence-corrected chi connectivity index (χ0v) is 16.3. The summed E-state index contributed by atoms with van der Waals surface area (Å²) in [6.45, 7) is 5.89. The normalized spacial score (nSPS) is 14.8.